The monoisotopic (exact) mass is 556 g/mol. The molecule has 236 valence electrons. The molecule has 0 aromatic rings. The van der Waals surface area contributed by atoms with E-state index in [2.05, 4.69) is 32.8 Å². The van der Waals surface area contributed by atoms with Crippen LogP contribution in [0.25, 0.3) is 0 Å². The molecule has 37 heavy (non-hydrogen) atoms. The van der Waals surface area contributed by atoms with Crippen LogP contribution < -0.4 is 0 Å². The van der Waals surface area contributed by atoms with Crippen LogP contribution >= 0.6 is 0 Å². The van der Waals surface area contributed by atoms with Crippen molar-refractivity contribution in [2.24, 2.45) is 0 Å². The predicted octanol–water partition coefficient (Wildman–Crippen LogP) is 3.73. The Hall–Kier alpha value is -1.67. The Bertz CT molecular complexity index is 259. The van der Waals surface area contributed by atoms with E-state index in [0.29, 0.717) is 6.29 Å². The maximum absolute atomic E-state index is 9.37. The van der Waals surface area contributed by atoms with Crippen molar-refractivity contribution in [3.05, 3.63) is 0 Å². The lowest BCUT2D eigenvalue weighted by Crippen LogP contribution is -1.86. The number of rotatable bonds is 7. The zero-order chi connectivity index (χ0) is 31.1. The molecule has 0 radical (unpaired) electrons. The van der Waals surface area contributed by atoms with E-state index in [9.17, 15) is 14.4 Å². The van der Waals surface area contributed by atoms with Gasteiger partial charge in [0.2, 0.25) is 0 Å². The van der Waals surface area contributed by atoms with Gasteiger partial charge in [0.25, 0.3) is 0 Å². The van der Waals surface area contributed by atoms with Gasteiger partial charge in [0, 0.05) is 67.7 Å². The van der Waals surface area contributed by atoms with Gasteiger partial charge in [-0.05, 0) is 27.7 Å². The SMILES string of the molecule is C.CCC.CCC(=O)O.CCC(=O)O.CCO.CCO.CCOC.CCOC.COCC=O.COCO. The van der Waals surface area contributed by atoms with Crippen LogP contribution in [-0.2, 0) is 33.3 Å². The Labute approximate surface area is 227 Å². The highest BCUT2D eigenvalue weighted by Crippen LogP contribution is 1.67. The lowest BCUT2D eigenvalue weighted by Gasteiger charge is -1.76. The number of carbonyl (C=O) groups is 3. The Morgan fingerprint density at radius 1 is 0.622 bits per heavy atom. The van der Waals surface area contributed by atoms with Crippen molar-refractivity contribution in [2.75, 3.05) is 68.3 Å². The third-order valence-electron chi connectivity index (χ3n) is 1.55. The van der Waals surface area contributed by atoms with Gasteiger partial charge in [0.15, 0.2) is 0 Å². The molecule has 0 aliphatic rings. The molecule has 0 spiro atoms. The van der Waals surface area contributed by atoms with Crippen LogP contribution in [0.4, 0.5) is 0 Å². The number of aliphatic hydroxyl groups is 3. The number of carboxylic acids is 2. The van der Waals surface area contributed by atoms with E-state index in [-0.39, 0.29) is 46.9 Å². The molecule has 0 rings (SSSR count). The topological polar surface area (TPSA) is 189 Å². The second kappa shape index (κ2) is 114. The minimum absolute atomic E-state index is 0. The Morgan fingerprint density at radius 3 is 0.784 bits per heavy atom. The Kier molecular flexibility index (Phi) is 199. The highest BCUT2D eigenvalue weighted by atomic mass is 16.6. The van der Waals surface area contributed by atoms with Crippen LogP contribution in [0.5, 0.6) is 0 Å². The largest absolute Gasteiger partial charge is 0.481 e. The first-order valence-electron chi connectivity index (χ1n) is 11.6. The van der Waals surface area contributed by atoms with Crippen molar-refractivity contribution >= 4 is 18.2 Å². The lowest BCUT2D eigenvalue weighted by molar-refractivity contribution is -0.137. The molecule has 0 saturated carbocycles. The summed E-state index contributed by atoms with van der Waals surface area (Å²) in [6.45, 7) is 16.9. The molecule has 0 atom stereocenters. The third kappa shape index (κ3) is 668. The molecular formula is C25H64O12. The van der Waals surface area contributed by atoms with Crippen LogP contribution in [0.2, 0.25) is 0 Å². The van der Waals surface area contributed by atoms with Gasteiger partial charge in [0.1, 0.15) is 19.7 Å². The number of ether oxygens (including phenoxy) is 4. The molecule has 0 heterocycles. The third-order valence-corrected chi connectivity index (χ3v) is 1.55. The van der Waals surface area contributed by atoms with Gasteiger partial charge >= 0.3 is 11.9 Å². The molecular weight excluding hydrogens is 492 g/mol. The zero-order valence-electron chi connectivity index (χ0n) is 25.0. The van der Waals surface area contributed by atoms with Gasteiger partial charge in [-0.2, -0.15) is 0 Å². The van der Waals surface area contributed by atoms with Crippen LogP contribution in [0.1, 0.15) is 82.1 Å². The molecule has 12 heteroatoms. The highest BCUT2D eigenvalue weighted by molar-refractivity contribution is 5.66. The molecule has 0 aliphatic carbocycles. The predicted molar refractivity (Wildman–Crippen MR) is 151 cm³/mol. The normalized spacial score (nSPS) is 6.89. The van der Waals surface area contributed by atoms with Crippen molar-refractivity contribution in [3.63, 3.8) is 0 Å². The van der Waals surface area contributed by atoms with Gasteiger partial charge in [-0.15, -0.1) is 0 Å². The average molecular weight is 557 g/mol. The number of hydrogen-bond donors (Lipinski definition) is 5. The van der Waals surface area contributed by atoms with Crippen molar-refractivity contribution in [1.82, 2.24) is 0 Å². The first-order valence-corrected chi connectivity index (χ1v) is 11.6. The van der Waals surface area contributed by atoms with Crippen molar-refractivity contribution in [1.29, 1.82) is 0 Å². The summed E-state index contributed by atoms with van der Waals surface area (Å²) >= 11 is 0. The van der Waals surface area contributed by atoms with E-state index in [0.717, 1.165) is 13.2 Å². The smallest absolute Gasteiger partial charge is 0.303 e. The number of aliphatic hydroxyl groups excluding tert-OH is 3. The fourth-order valence-electron chi connectivity index (χ4n) is 0.0680. The Balaban J connectivity index is -0.0000000278. The van der Waals surface area contributed by atoms with Crippen molar-refractivity contribution < 1.29 is 58.9 Å². The minimum Gasteiger partial charge on any atom is -0.481 e. The maximum Gasteiger partial charge on any atom is 0.303 e. The van der Waals surface area contributed by atoms with E-state index >= 15 is 0 Å². The molecule has 0 aromatic carbocycles. The highest BCUT2D eigenvalue weighted by Gasteiger charge is 1.81. The standard InChI is InChI=1S/3C3H6O2.2C3H8O.C3H8.C2H6O2.2C2H6O.CH4/c1-5-3-2-4;2*1-2-3(4)5;2*1-3-4-2;1-3-2;1-4-2-3;2*1-2-3;/h2H,3H2,1H3;2*2H2,1H3,(H,4,5);2*3H2,1-2H3;3H2,1-2H3;3H,2H2,1H3;2*3H,2H2,1H3;1H4. The number of aliphatic carboxylic acids is 2. The van der Waals surface area contributed by atoms with Crippen molar-refractivity contribution in [3.8, 4) is 0 Å². The van der Waals surface area contributed by atoms with Crippen molar-refractivity contribution in [2.45, 2.75) is 82.1 Å². The summed E-state index contributed by atoms with van der Waals surface area (Å²) in [7, 11) is 6.27. The second-order valence-corrected chi connectivity index (χ2v) is 5.03. The van der Waals surface area contributed by atoms with E-state index in [1.165, 1.54) is 20.6 Å². The summed E-state index contributed by atoms with van der Waals surface area (Å²) in [5.74, 6) is -1.49. The van der Waals surface area contributed by atoms with Gasteiger partial charge in [-0.3, -0.25) is 9.59 Å². The number of aldehydes is 1. The summed E-state index contributed by atoms with van der Waals surface area (Å²) in [4.78, 5) is 28.0. The molecule has 0 aliphatic heterocycles. The maximum atomic E-state index is 9.37. The van der Waals surface area contributed by atoms with E-state index in [4.69, 9.17) is 25.5 Å². The van der Waals surface area contributed by atoms with Gasteiger partial charge in [0.05, 0.1) is 0 Å². The number of methoxy groups -OCH3 is 4. The molecule has 0 fully saturated rings. The molecule has 5 N–H and O–H groups in total. The van der Waals surface area contributed by atoms with Crippen LogP contribution in [0.3, 0.4) is 0 Å². The lowest BCUT2D eigenvalue weighted by atomic mass is 10.5. The molecule has 0 bridgehead atoms. The fourth-order valence-corrected chi connectivity index (χ4v) is 0.0680. The summed E-state index contributed by atoms with van der Waals surface area (Å²) < 4.78 is 17.5. The number of carbonyl (C=O) groups excluding carboxylic acids is 1. The first-order chi connectivity index (χ1) is 16.9. The quantitative estimate of drug-likeness (QED) is 0.226. The van der Waals surface area contributed by atoms with E-state index < -0.39 is 11.9 Å². The van der Waals surface area contributed by atoms with E-state index in [1.54, 1.807) is 41.9 Å². The molecule has 0 amide bonds. The molecule has 0 aromatic heterocycles. The van der Waals surface area contributed by atoms with Gasteiger partial charge in [-0.25, -0.2) is 0 Å². The average Bonchev–Trinajstić information content (AvgIpc) is 2.87. The molecule has 12 nitrogen and oxygen atoms in total. The minimum atomic E-state index is -0.745. The Morgan fingerprint density at radius 2 is 0.784 bits per heavy atom. The summed E-state index contributed by atoms with van der Waals surface area (Å²) in [5.41, 5.74) is 0. The summed E-state index contributed by atoms with van der Waals surface area (Å²) in [6, 6.07) is 0. The van der Waals surface area contributed by atoms with Gasteiger partial charge in [-0.1, -0.05) is 41.5 Å². The number of hydrogen-bond acceptors (Lipinski definition) is 10. The number of carboxylic acid groups (broad SMARTS) is 2. The summed E-state index contributed by atoms with van der Waals surface area (Å²) in [6.07, 6.45) is 2.40. The summed E-state index contributed by atoms with van der Waals surface area (Å²) in [5, 5.41) is 38.2. The zero-order valence-corrected chi connectivity index (χ0v) is 25.0. The second-order valence-electron chi connectivity index (χ2n) is 5.03. The molecule has 0 saturated heterocycles. The van der Waals surface area contributed by atoms with Crippen LogP contribution in [0, 0.1) is 0 Å². The van der Waals surface area contributed by atoms with Crippen LogP contribution in [0.15, 0.2) is 0 Å². The van der Waals surface area contributed by atoms with Crippen LogP contribution in [-0.4, -0.2) is 112 Å². The first kappa shape index (κ1) is 64.9. The molecule has 0 unspecified atom stereocenters. The van der Waals surface area contributed by atoms with Gasteiger partial charge < -0.3 is 49.3 Å². The fraction of sp³-hybridized carbons (Fsp3) is 0.880. The van der Waals surface area contributed by atoms with E-state index in [1.807, 2.05) is 13.8 Å².